The second kappa shape index (κ2) is 9.09. The third-order valence-electron chi connectivity index (χ3n) is 3.52. The van der Waals surface area contributed by atoms with Gasteiger partial charge in [-0.3, -0.25) is 4.79 Å². The molecule has 0 saturated heterocycles. The van der Waals surface area contributed by atoms with Crippen molar-refractivity contribution in [1.82, 2.24) is 10.2 Å². The summed E-state index contributed by atoms with van der Waals surface area (Å²) in [6, 6.07) is 14.5. The molecule has 0 aliphatic carbocycles. The number of thioether (sulfide) groups is 1. The first-order valence-electron chi connectivity index (χ1n) is 8.31. The summed E-state index contributed by atoms with van der Waals surface area (Å²) in [4.78, 5) is 12.1. The maximum absolute atomic E-state index is 12.1. The van der Waals surface area contributed by atoms with Crippen LogP contribution in [0.15, 0.2) is 58.2 Å². The summed E-state index contributed by atoms with van der Waals surface area (Å²) >= 11 is 1.18. The molecule has 0 fully saturated rings. The molecule has 3 rings (SSSR count). The van der Waals surface area contributed by atoms with Crippen molar-refractivity contribution in [3.63, 3.8) is 0 Å². The lowest BCUT2D eigenvalue weighted by Gasteiger charge is -2.06. The van der Waals surface area contributed by atoms with Gasteiger partial charge >= 0.3 is 0 Å². The Hall–Kier alpha value is -3.00. The number of rotatable bonds is 8. The average molecular weight is 385 g/mol. The van der Waals surface area contributed by atoms with Crippen LogP contribution in [0.1, 0.15) is 6.92 Å². The minimum atomic E-state index is -0.159. The SMILES string of the molecule is CCOc1ccc(NC(=O)CSc2nnc(-c3ccc(OC)cc3)o2)cc1. The van der Waals surface area contributed by atoms with Gasteiger partial charge < -0.3 is 19.2 Å². The molecule has 3 aromatic rings. The summed E-state index contributed by atoms with van der Waals surface area (Å²) in [5, 5.41) is 11.1. The lowest BCUT2D eigenvalue weighted by molar-refractivity contribution is -0.113. The lowest BCUT2D eigenvalue weighted by atomic mass is 10.2. The van der Waals surface area contributed by atoms with E-state index in [1.165, 1.54) is 11.8 Å². The Kier molecular flexibility index (Phi) is 6.32. The standard InChI is InChI=1S/C19H19N3O4S/c1-3-25-16-10-6-14(7-11-16)20-17(23)12-27-19-22-21-18(26-19)13-4-8-15(24-2)9-5-13/h4-11H,3,12H2,1-2H3,(H,20,23). The molecule has 0 saturated carbocycles. The fraction of sp³-hybridized carbons (Fsp3) is 0.211. The van der Waals surface area contributed by atoms with E-state index in [0.717, 1.165) is 17.1 Å². The zero-order valence-electron chi connectivity index (χ0n) is 15.0. The van der Waals surface area contributed by atoms with Crippen LogP contribution in [0.25, 0.3) is 11.5 Å². The van der Waals surface area contributed by atoms with Crippen molar-refractivity contribution in [2.75, 3.05) is 24.8 Å². The van der Waals surface area contributed by atoms with Crippen LogP contribution >= 0.6 is 11.8 Å². The quantitative estimate of drug-likeness (QED) is 0.589. The van der Waals surface area contributed by atoms with E-state index >= 15 is 0 Å². The van der Waals surface area contributed by atoms with Gasteiger partial charge in [0.05, 0.1) is 19.5 Å². The number of hydrogen-bond acceptors (Lipinski definition) is 7. The van der Waals surface area contributed by atoms with Crippen LogP contribution in [-0.2, 0) is 4.79 Å². The molecule has 7 nitrogen and oxygen atoms in total. The van der Waals surface area contributed by atoms with Crippen LogP contribution in [0.2, 0.25) is 0 Å². The zero-order chi connectivity index (χ0) is 19.1. The first kappa shape index (κ1) is 18.8. The highest BCUT2D eigenvalue weighted by atomic mass is 32.2. The monoisotopic (exact) mass is 385 g/mol. The molecule has 1 aromatic heterocycles. The van der Waals surface area contributed by atoms with Gasteiger partial charge in [-0.2, -0.15) is 0 Å². The molecule has 0 bridgehead atoms. The number of aromatic nitrogens is 2. The largest absolute Gasteiger partial charge is 0.497 e. The molecule has 2 aromatic carbocycles. The van der Waals surface area contributed by atoms with E-state index in [-0.39, 0.29) is 11.7 Å². The molecule has 1 N–H and O–H groups in total. The topological polar surface area (TPSA) is 86.5 Å². The smallest absolute Gasteiger partial charge is 0.277 e. The molecule has 0 aliphatic rings. The number of hydrogen-bond donors (Lipinski definition) is 1. The summed E-state index contributed by atoms with van der Waals surface area (Å²) in [7, 11) is 1.61. The van der Waals surface area contributed by atoms with Crippen molar-refractivity contribution >= 4 is 23.4 Å². The van der Waals surface area contributed by atoms with Gasteiger partial charge in [0.25, 0.3) is 5.22 Å². The van der Waals surface area contributed by atoms with Gasteiger partial charge in [0.2, 0.25) is 11.8 Å². The molecule has 0 atom stereocenters. The first-order valence-corrected chi connectivity index (χ1v) is 9.30. The molecule has 0 aliphatic heterocycles. The van der Waals surface area contributed by atoms with E-state index in [4.69, 9.17) is 13.9 Å². The molecule has 0 spiro atoms. The van der Waals surface area contributed by atoms with Gasteiger partial charge in [-0.25, -0.2) is 0 Å². The molecule has 0 radical (unpaired) electrons. The number of nitrogens with one attached hydrogen (secondary N) is 1. The molecule has 0 unspecified atom stereocenters. The fourth-order valence-electron chi connectivity index (χ4n) is 2.24. The van der Waals surface area contributed by atoms with Crippen molar-refractivity contribution in [2.24, 2.45) is 0 Å². The average Bonchev–Trinajstić information content (AvgIpc) is 3.17. The van der Waals surface area contributed by atoms with Crippen molar-refractivity contribution in [3.8, 4) is 23.0 Å². The van der Waals surface area contributed by atoms with E-state index in [0.29, 0.717) is 23.4 Å². The third-order valence-corrected chi connectivity index (χ3v) is 4.34. The normalized spacial score (nSPS) is 10.4. The number of ether oxygens (including phenoxy) is 2. The van der Waals surface area contributed by atoms with Gasteiger partial charge in [-0.1, -0.05) is 11.8 Å². The van der Waals surface area contributed by atoms with E-state index < -0.39 is 0 Å². The summed E-state index contributed by atoms with van der Waals surface area (Å²) < 4.78 is 16.1. The summed E-state index contributed by atoms with van der Waals surface area (Å²) in [6.07, 6.45) is 0. The molecule has 8 heteroatoms. The van der Waals surface area contributed by atoms with Crippen LogP contribution in [0.4, 0.5) is 5.69 Å². The first-order chi connectivity index (χ1) is 13.2. The van der Waals surface area contributed by atoms with E-state index in [9.17, 15) is 4.79 Å². The molecular weight excluding hydrogens is 366 g/mol. The molecular formula is C19H19N3O4S. The lowest BCUT2D eigenvalue weighted by Crippen LogP contribution is -2.13. The Morgan fingerprint density at radius 1 is 1.07 bits per heavy atom. The van der Waals surface area contributed by atoms with Crippen LogP contribution in [0, 0.1) is 0 Å². The minimum absolute atomic E-state index is 0.159. The highest BCUT2D eigenvalue weighted by Crippen LogP contribution is 2.25. The number of methoxy groups -OCH3 is 1. The van der Waals surface area contributed by atoms with Gasteiger partial charge in [0.1, 0.15) is 11.5 Å². The Morgan fingerprint density at radius 3 is 2.44 bits per heavy atom. The number of carbonyl (C=O) groups is 1. The van der Waals surface area contributed by atoms with Gasteiger partial charge in [-0.05, 0) is 55.5 Å². The van der Waals surface area contributed by atoms with Gasteiger partial charge in [-0.15, -0.1) is 10.2 Å². The second-order valence-electron chi connectivity index (χ2n) is 5.40. The molecule has 140 valence electrons. The number of nitrogens with zero attached hydrogens (tertiary/aromatic N) is 2. The summed E-state index contributed by atoms with van der Waals surface area (Å²) in [5.74, 6) is 1.92. The maximum atomic E-state index is 12.1. The summed E-state index contributed by atoms with van der Waals surface area (Å²) in [6.45, 7) is 2.52. The predicted molar refractivity (Wildman–Crippen MR) is 103 cm³/mol. The van der Waals surface area contributed by atoms with Crippen molar-refractivity contribution < 1.29 is 18.7 Å². The maximum Gasteiger partial charge on any atom is 0.277 e. The number of amides is 1. The summed E-state index contributed by atoms with van der Waals surface area (Å²) in [5.41, 5.74) is 1.49. The van der Waals surface area contributed by atoms with E-state index in [2.05, 4.69) is 15.5 Å². The van der Waals surface area contributed by atoms with Crippen LogP contribution in [-0.4, -0.2) is 35.6 Å². The Bertz CT molecular complexity index is 879. The Morgan fingerprint density at radius 2 is 1.78 bits per heavy atom. The second-order valence-corrected chi connectivity index (χ2v) is 6.32. The Balaban J connectivity index is 1.52. The van der Waals surface area contributed by atoms with Crippen LogP contribution in [0.5, 0.6) is 11.5 Å². The predicted octanol–water partition coefficient (Wildman–Crippen LogP) is 3.87. The number of carbonyl (C=O) groups excluding carboxylic acids is 1. The van der Waals surface area contributed by atoms with Crippen LogP contribution < -0.4 is 14.8 Å². The van der Waals surface area contributed by atoms with Crippen LogP contribution in [0.3, 0.4) is 0 Å². The van der Waals surface area contributed by atoms with E-state index in [1.54, 1.807) is 19.2 Å². The minimum Gasteiger partial charge on any atom is -0.497 e. The Labute approximate surface area is 161 Å². The molecule has 1 amide bonds. The molecule has 1 heterocycles. The third kappa shape index (κ3) is 5.24. The van der Waals surface area contributed by atoms with Gasteiger partial charge in [0.15, 0.2) is 0 Å². The highest BCUT2D eigenvalue weighted by molar-refractivity contribution is 7.99. The van der Waals surface area contributed by atoms with Crippen molar-refractivity contribution in [3.05, 3.63) is 48.5 Å². The highest BCUT2D eigenvalue weighted by Gasteiger charge is 2.11. The van der Waals surface area contributed by atoms with E-state index in [1.807, 2.05) is 43.3 Å². The number of anilines is 1. The van der Waals surface area contributed by atoms with Crippen molar-refractivity contribution in [2.45, 2.75) is 12.1 Å². The molecule has 27 heavy (non-hydrogen) atoms. The number of benzene rings is 2. The van der Waals surface area contributed by atoms with Gasteiger partial charge in [0, 0.05) is 11.3 Å². The zero-order valence-corrected chi connectivity index (χ0v) is 15.8. The van der Waals surface area contributed by atoms with Crippen molar-refractivity contribution in [1.29, 1.82) is 0 Å². The fourth-order valence-corrected chi connectivity index (χ4v) is 2.81.